The van der Waals surface area contributed by atoms with Gasteiger partial charge in [-0.15, -0.1) is 22.7 Å². The molecule has 0 fully saturated rings. The van der Waals surface area contributed by atoms with E-state index >= 15 is 0 Å². The molecule has 0 unspecified atom stereocenters. The van der Waals surface area contributed by atoms with E-state index in [0.717, 1.165) is 38.1 Å². The fourth-order valence-corrected chi connectivity index (χ4v) is 10.9. The summed E-state index contributed by atoms with van der Waals surface area (Å²) in [5.41, 5.74) is 8.71. The first-order valence-corrected chi connectivity index (χ1v) is 20.7. The number of hydrogen-bond acceptors (Lipinski definition) is 5. The van der Waals surface area contributed by atoms with Crippen LogP contribution in [0.25, 0.3) is 113 Å². The molecule has 0 saturated carbocycles. The zero-order valence-corrected chi connectivity index (χ0v) is 32.1. The Labute approximate surface area is 335 Å². The standard InChI is InChI=1S/C51H30N4S2/c1-3-15-31(16-4-1)34-22-13-28-45-46(34)39-29-33(55-41-24-10-7-19-35(41)36-20-8-11-25-42(36)55)30-40(48(39)57-45)51-53-49(32-17-5-2-6-18-32)52-50(54-51)38-23-14-27-44-47(38)37-21-9-12-26-43(37)56-44/h1-30H. The normalized spacial score (nSPS) is 11.9. The van der Waals surface area contributed by atoms with E-state index in [1.54, 1.807) is 22.7 Å². The number of hydrogen-bond donors (Lipinski definition) is 0. The summed E-state index contributed by atoms with van der Waals surface area (Å²) in [5.74, 6) is 1.96. The molecule has 57 heavy (non-hydrogen) atoms. The van der Waals surface area contributed by atoms with Crippen molar-refractivity contribution >= 4 is 84.8 Å². The molecule has 12 rings (SSSR count). The number of aromatic nitrogens is 4. The third-order valence-corrected chi connectivity index (χ3v) is 13.4. The summed E-state index contributed by atoms with van der Waals surface area (Å²) >= 11 is 3.61. The van der Waals surface area contributed by atoms with Crippen molar-refractivity contribution in [3.63, 3.8) is 0 Å². The van der Waals surface area contributed by atoms with Crippen molar-refractivity contribution in [1.82, 2.24) is 19.5 Å². The van der Waals surface area contributed by atoms with Crippen molar-refractivity contribution in [2.45, 2.75) is 0 Å². The lowest BCUT2D eigenvalue weighted by atomic mass is 9.98. The molecule has 4 heterocycles. The number of rotatable bonds is 5. The van der Waals surface area contributed by atoms with Crippen LogP contribution in [0.1, 0.15) is 0 Å². The Balaban J connectivity index is 1.21. The summed E-state index contributed by atoms with van der Waals surface area (Å²) in [5, 5.41) is 7.25. The maximum Gasteiger partial charge on any atom is 0.165 e. The van der Waals surface area contributed by atoms with Gasteiger partial charge < -0.3 is 4.57 Å². The molecule has 0 aliphatic rings. The van der Waals surface area contributed by atoms with Gasteiger partial charge in [-0.2, -0.15) is 0 Å². The lowest BCUT2D eigenvalue weighted by Gasteiger charge is -2.14. The zero-order valence-electron chi connectivity index (χ0n) is 30.4. The second kappa shape index (κ2) is 12.8. The van der Waals surface area contributed by atoms with Crippen LogP contribution in [0.15, 0.2) is 182 Å². The molecule has 6 heteroatoms. The molecule has 12 aromatic rings. The summed E-state index contributed by atoms with van der Waals surface area (Å²) < 4.78 is 7.23. The third-order valence-electron chi connectivity index (χ3n) is 11.1. The molecule has 0 aliphatic heterocycles. The second-order valence-electron chi connectivity index (χ2n) is 14.3. The summed E-state index contributed by atoms with van der Waals surface area (Å²) in [7, 11) is 0. The lowest BCUT2D eigenvalue weighted by molar-refractivity contribution is 1.08. The summed E-state index contributed by atoms with van der Waals surface area (Å²) in [6.45, 7) is 0. The molecule has 4 aromatic heterocycles. The average Bonchev–Trinajstić information content (AvgIpc) is 3.96. The quantitative estimate of drug-likeness (QED) is 0.175. The smallest absolute Gasteiger partial charge is 0.165 e. The van der Waals surface area contributed by atoms with Crippen LogP contribution in [-0.4, -0.2) is 19.5 Å². The Bertz CT molecular complexity index is 3470. The topological polar surface area (TPSA) is 43.6 Å². The average molecular weight is 763 g/mol. The fraction of sp³-hybridized carbons (Fsp3) is 0. The molecule has 0 radical (unpaired) electrons. The van der Waals surface area contributed by atoms with Crippen LogP contribution in [0.3, 0.4) is 0 Å². The van der Waals surface area contributed by atoms with Crippen LogP contribution in [0.5, 0.6) is 0 Å². The van der Waals surface area contributed by atoms with E-state index in [2.05, 4.69) is 168 Å². The van der Waals surface area contributed by atoms with Crippen LogP contribution in [0, 0.1) is 0 Å². The van der Waals surface area contributed by atoms with E-state index in [1.165, 1.54) is 57.5 Å². The van der Waals surface area contributed by atoms with Gasteiger partial charge in [-0.3, -0.25) is 0 Å². The molecule has 0 saturated heterocycles. The van der Waals surface area contributed by atoms with Gasteiger partial charge in [-0.25, -0.2) is 15.0 Å². The first kappa shape index (κ1) is 32.3. The van der Waals surface area contributed by atoms with Gasteiger partial charge in [0.25, 0.3) is 0 Å². The van der Waals surface area contributed by atoms with E-state index in [0.29, 0.717) is 17.5 Å². The van der Waals surface area contributed by atoms with Gasteiger partial charge in [0, 0.05) is 73.5 Å². The highest BCUT2D eigenvalue weighted by Gasteiger charge is 2.23. The van der Waals surface area contributed by atoms with Crippen LogP contribution in [0.4, 0.5) is 0 Å². The zero-order chi connectivity index (χ0) is 37.5. The minimum atomic E-state index is 0.647. The van der Waals surface area contributed by atoms with E-state index in [4.69, 9.17) is 15.0 Å². The Morgan fingerprint density at radius 2 is 0.877 bits per heavy atom. The monoisotopic (exact) mass is 762 g/mol. The number of nitrogens with zero attached hydrogens (tertiary/aromatic N) is 4. The highest BCUT2D eigenvalue weighted by molar-refractivity contribution is 7.26. The Morgan fingerprint density at radius 3 is 1.60 bits per heavy atom. The number of para-hydroxylation sites is 2. The minimum Gasteiger partial charge on any atom is -0.309 e. The maximum absolute atomic E-state index is 5.46. The number of fused-ring (bicyclic) bond motifs is 9. The van der Waals surface area contributed by atoms with Gasteiger partial charge in [0.15, 0.2) is 17.5 Å². The predicted molar refractivity (Wildman–Crippen MR) is 242 cm³/mol. The molecule has 0 amide bonds. The number of thiophene rings is 2. The Kier molecular flexibility index (Phi) is 7.24. The highest BCUT2D eigenvalue weighted by Crippen LogP contribution is 2.46. The van der Waals surface area contributed by atoms with Crippen LogP contribution < -0.4 is 0 Å². The van der Waals surface area contributed by atoms with Crippen molar-refractivity contribution in [3.05, 3.63) is 182 Å². The summed E-state index contributed by atoms with van der Waals surface area (Å²) in [6.07, 6.45) is 0. The largest absolute Gasteiger partial charge is 0.309 e. The molecular formula is C51H30N4S2. The predicted octanol–water partition coefficient (Wildman–Crippen LogP) is 14.4. The van der Waals surface area contributed by atoms with Crippen LogP contribution in [0.2, 0.25) is 0 Å². The van der Waals surface area contributed by atoms with E-state index < -0.39 is 0 Å². The summed E-state index contributed by atoms with van der Waals surface area (Å²) in [6, 6.07) is 64.8. The van der Waals surface area contributed by atoms with Crippen LogP contribution in [-0.2, 0) is 0 Å². The minimum absolute atomic E-state index is 0.647. The van der Waals surface area contributed by atoms with Gasteiger partial charge in [-0.05, 0) is 53.6 Å². The summed E-state index contributed by atoms with van der Waals surface area (Å²) in [4.78, 5) is 16.1. The molecular weight excluding hydrogens is 733 g/mol. The molecule has 0 aliphatic carbocycles. The second-order valence-corrected chi connectivity index (χ2v) is 16.5. The SMILES string of the molecule is c1ccc(-c2nc(-c3cc(-n4c5ccccc5c5ccccc54)cc4c3sc3cccc(-c5ccccc5)c34)nc(-c3cccc4sc5ccccc5c34)n2)cc1. The van der Waals surface area contributed by atoms with Crippen molar-refractivity contribution in [2.24, 2.45) is 0 Å². The van der Waals surface area contributed by atoms with E-state index in [1.807, 2.05) is 18.2 Å². The first-order chi connectivity index (χ1) is 28.3. The van der Waals surface area contributed by atoms with Gasteiger partial charge >= 0.3 is 0 Å². The van der Waals surface area contributed by atoms with E-state index in [9.17, 15) is 0 Å². The lowest BCUT2D eigenvalue weighted by Crippen LogP contribution is -2.01. The molecule has 0 N–H and O–H groups in total. The molecule has 8 aromatic carbocycles. The van der Waals surface area contributed by atoms with Crippen molar-refractivity contribution in [2.75, 3.05) is 0 Å². The van der Waals surface area contributed by atoms with Crippen molar-refractivity contribution in [3.8, 4) is 51.0 Å². The Morgan fingerprint density at radius 1 is 0.351 bits per heavy atom. The maximum atomic E-state index is 5.46. The first-order valence-electron chi connectivity index (χ1n) is 19.0. The molecule has 4 nitrogen and oxygen atoms in total. The molecule has 0 spiro atoms. The molecule has 266 valence electrons. The van der Waals surface area contributed by atoms with Gasteiger partial charge in [-0.1, -0.05) is 140 Å². The Hall–Kier alpha value is -6.99. The fourth-order valence-electron chi connectivity index (χ4n) is 8.56. The van der Waals surface area contributed by atoms with Crippen LogP contribution >= 0.6 is 22.7 Å². The van der Waals surface area contributed by atoms with Crippen molar-refractivity contribution in [1.29, 1.82) is 0 Å². The van der Waals surface area contributed by atoms with Gasteiger partial charge in [0.1, 0.15) is 0 Å². The molecule has 0 bridgehead atoms. The molecule has 0 atom stereocenters. The van der Waals surface area contributed by atoms with Gasteiger partial charge in [0.2, 0.25) is 0 Å². The third kappa shape index (κ3) is 5.08. The van der Waals surface area contributed by atoms with E-state index in [-0.39, 0.29) is 0 Å². The highest BCUT2D eigenvalue weighted by atomic mass is 32.1. The van der Waals surface area contributed by atoms with Crippen molar-refractivity contribution < 1.29 is 0 Å². The van der Waals surface area contributed by atoms with Gasteiger partial charge in [0.05, 0.1) is 11.0 Å². The number of benzene rings is 8.